The molecular weight excluding hydrogens is 386 g/mol. The third-order valence-electron chi connectivity index (χ3n) is 4.89. The zero-order chi connectivity index (χ0) is 20.5. The van der Waals surface area contributed by atoms with E-state index in [0.717, 1.165) is 21.3 Å². The van der Waals surface area contributed by atoms with E-state index in [1.165, 1.54) is 11.3 Å². The van der Waals surface area contributed by atoms with E-state index in [4.69, 9.17) is 0 Å². The Morgan fingerprint density at radius 1 is 1.07 bits per heavy atom. The molecule has 0 saturated carbocycles. The number of carbonyl (C=O) groups is 2. The Bertz CT molecular complexity index is 1220. The van der Waals surface area contributed by atoms with Gasteiger partial charge in [-0.15, -0.1) is 0 Å². The van der Waals surface area contributed by atoms with Crippen LogP contribution >= 0.6 is 11.3 Å². The maximum Gasteiger partial charge on any atom is 0.257 e. The van der Waals surface area contributed by atoms with E-state index in [1.54, 1.807) is 29.4 Å². The highest BCUT2D eigenvalue weighted by atomic mass is 32.1. The number of rotatable bonds is 5. The summed E-state index contributed by atoms with van der Waals surface area (Å²) < 4.78 is 2.76. The van der Waals surface area contributed by atoms with Crippen LogP contribution < -0.4 is 5.32 Å². The van der Waals surface area contributed by atoms with Gasteiger partial charge in [0.25, 0.3) is 11.8 Å². The van der Waals surface area contributed by atoms with Crippen LogP contribution in [0.25, 0.3) is 21.3 Å². The van der Waals surface area contributed by atoms with E-state index in [1.807, 2.05) is 43.7 Å². The van der Waals surface area contributed by atoms with Crippen molar-refractivity contribution in [2.75, 3.05) is 18.4 Å². The average molecular weight is 407 g/mol. The molecule has 0 atom stereocenters. The van der Waals surface area contributed by atoms with Crippen LogP contribution in [0, 0.1) is 0 Å². The molecule has 2 heterocycles. The fourth-order valence-electron chi connectivity index (χ4n) is 3.25. The highest BCUT2D eigenvalue weighted by Gasteiger charge is 2.15. The van der Waals surface area contributed by atoms with E-state index in [0.29, 0.717) is 29.3 Å². The van der Waals surface area contributed by atoms with Gasteiger partial charge in [-0.3, -0.25) is 14.9 Å². The third kappa shape index (κ3) is 3.58. The lowest BCUT2D eigenvalue weighted by atomic mass is 10.2. The topological polar surface area (TPSA) is 80.1 Å². The smallest absolute Gasteiger partial charge is 0.257 e. The first-order valence-electron chi connectivity index (χ1n) is 9.42. The maximum absolute atomic E-state index is 12.6. The first kappa shape index (κ1) is 19.1. The molecule has 0 unspecified atom stereocenters. The highest BCUT2D eigenvalue weighted by molar-refractivity contribution is 7.22. The molecule has 0 fully saturated rings. The summed E-state index contributed by atoms with van der Waals surface area (Å²) in [5, 5.41) is 3.35. The summed E-state index contributed by atoms with van der Waals surface area (Å²) in [6.07, 6.45) is 1.72. The number of aromatic nitrogens is 3. The van der Waals surface area contributed by atoms with Gasteiger partial charge in [0.2, 0.25) is 0 Å². The number of thiazole rings is 1. The highest BCUT2D eigenvalue weighted by Crippen LogP contribution is 2.28. The Balaban J connectivity index is 1.57. The molecule has 4 aromatic rings. The van der Waals surface area contributed by atoms with Crippen molar-refractivity contribution in [3.63, 3.8) is 0 Å². The minimum absolute atomic E-state index is 0.000417. The summed E-state index contributed by atoms with van der Waals surface area (Å²) in [7, 11) is 1.91. The van der Waals surface area contributed by atoms with Crippen LogP contribution in [-0.4, -0.2) is 44.3 Å². The number of imidazole rings is 1. The lowest BCUT2D eigenvalue weighted by molar-refractivity contribution is 0.0773. The first-order valence-corrected chi connectivity index (χ1v) is 10.2. The summed E-state index contributed by atoms with van der Waals surface area (Å²) in [5.74, 6) is -0.240. The molecule has 0 saturated heterocycles. The van der Waals surface area contributed by atoms with Crippen molar-refractivity contribution < 1.29 is 9.59 Å². The number of amides is 2. The van der Waals surface area contributed by atoms with Gasteiger partial charge in [-0.1, -0.05) is 11.3 Å². The summed E-state index contributed by atoms with van der Waals surface area (Å²) in [6.45, 7) is 5.25. The van der Waals surface area contributed by atoms with Crippen LogP contribution in [0.2, 0.25) is 0 Å². The van der Waals surface area contributed by atoms with E-state index >= 15 is 0 Å². The van der Waals surface area contributed by atoms with Crippen molar-refractivity contribution in [3.05, 3.63) is 53.9 Å². The van der Waals surface area contributed by atoms with Gasteiger partial charge in [-0.05, 0) is 50.2 Å². The van der Waals surface area contributed by atoms with E-state index in [-0.39, 0.29) is 11.8 Å². The minimum Gasteiger partial charge on any atom is -0.339 e. The van der Waals surface area contributed by atoms with Gasteiger partial charge in [0, 0.05) is 31.3 Å². The molecule has 0 aliphatic heterocycles. The number of anilines is 1. The van der Waals surface area contributed by atoms with Gasteiger partial charge in [-0.25, -0.2) is 9.97 Å². The number of nitrogens with zero attached hydrogens (tertiary/aromatic N) is 4. The summed E-state index contributed by atoms with van der Waals surface area (Å²) in [6, 6.07) is 10.8. The molecule has 0 radical (unpaired) electrons. The molecule has 0 spiro atoms. The van der Waals surface area contributed by atoms with E-state index in [9.17, 15) is 9.59 Å². The lowest BCUT2D eigenvalue weighted by Crippen LogP contribution is -2.30. The Labute approximate surface area is 172 Å². The molecule has 7 nitrogen and oxygen atoms in total. The number of aryl methyl sites for hydroxylation is 1. The van der Waals surface area contributed by atoms with Gasteiger partial charge >= 0.3 is 0 Å². The second-order valence-electron chi connectivity index (χ2n) is 6.69. The number of nitrogens with one attached hydrogen (secondary N) is 1. The number of hydrogen-bond donors (Lipinski definition) is 1. The zero-order valence-corrected chi connectivity index (χ0v) is 17.3. The van der Waals surface area contributed by atoms with Crippen LogP contribution in [0.5, 0.6) is 0 Å². The van der Waals surface area contributed by atoms with Crippen molar-refractivity contribution >= 4 is 49.5 Å². The Morgan fingerprint density at radius 2 is 1.83 bits per heavy atom. The minimum atomic E-state index is -0.240. The monoisotopic (exact) mass is 407 g/mol. The van der Waals surface area contributed by atoms with Crippen molar-refractivity contribution in [2.24, 2.45) is 7.05 Å². The third-order valence-corrected chi connectivity index (χ3v) is 5.83. The fraction of sp³-hybridized carbons (Fsp3) is 0.238. The molecule has 1 N–H and O–H groups in total. The molecule has 8 heteroatoms. The molecule has 2 aromatic heterocycles. The predicted octanol–water partition coefficient (Wildman–Crippen LogP) is 3.92. The fourth-order valence-corrected chi connectivity index (χ4v) is 4.15. The van der Waals surface area contributed by atoms with Crippen LogP contribution in [0.15, 0.2) is 42.7 Å². The van der Waals surface area contributed by atoms with Gasteiger partial charge in [0.05, 0.1) is 27.6 Å². The second kappa shape index (κ2) is 7.63. The molecule has 2 amide bonds. The van der Waals surface area contributed by atoms with Crippen LogP contribution in [0.4, 0.5) is 5.13 Å². The molecule has 29 heavy (non-hydrogen) atoms. The molecular formula is C21H21N5O2S. The van der Waals surface area contributed by atoms with Crippen molar-refractivity contribution in [1.82, 2.24) is 19.4 Å². The van der Waals surface area contributed by atoms with Crippen LogP contribution in [-0.2, 0) is 7.05 Å². The van der Waals surface area contributed by atoms with Gasteiger partial charge in [-0.2, -0.15) is 0 Å². The van der Waals surface area contributed by atoms with Crippen molar-refractivity contribution in [2.45, 2.75) is 13.8 Å². The van der Waals surface area contributed by atoms with Crippen LogP contribution in [0.3, 0.4) is 0 Å². The Kier molecular flexibility index (Phi) is 5.02. The second-order valence-corrected chi connectivity index (χ2v) is 7.72. The SMILES string of the molecule is CCN(CC)C(=O)c1ccc2nc(NC(=O)c3ccc4c(c3)ncn4C)sc2c1. The largest absolute Gasteiger partial charge is 0.339 e. The lowest BCUT2D eigenvalue weighted by Gasteiger charge is -2.18. The number of fused-ring (bicyclic) bond motifs is 2. The quantitative estimate of drug-likeness (QED) is 0.544. The van der Waals surface area contributed by atoms with Gasteiger partial charge < -0.3 is 9.47 Å². The molecule has 0 aliphatic rings. The molecule has 2 aromatic carbocycles. The van der Waals surface area contributed by atoms with Crippen molar-refractivity contribution in [3.8, 4) is 0 Å². The van der Waals surface area contributed by atoms with Gasteiger partial charge in [0.1, 0.15) is 0 Å². The molecule has 0 bridgehead atoms. The molecule has 148 valence electrons. The normalized spacial score (nSPS) is 11.1. The van der Waals surface area contributed by atoms with E-state index < -0.39 is 0 Å². The standard InChI is InChI=1S/C21H21N5O2S/c1-4-26(5-2)20(28)14-6-8-15-18(11-14)29-21(23-15)24-19(27)13-7-9-17-16(10-13)22-12-25(17)3/h6-12H,4-5H2,1-3H3,(H,23,24,27). The van der Waals surface area contributed by atoms with Crippen molar-refractivity contribution in [1.29, 1.82) is 0 Å². The maximum atomic E-state index is 12.6. The molecule has 0 aliphatic carbocycles. The number of hydrogen-bond acceptors (Lipinski definition) is 5. The van der Waals surface area contributed by atoms with Crippen LogP contribution in [0.1, 0.15) is 34.6 Å². The summed E-state index contributed by atoms with van der Waals surface area (Å²) >= 11 is 1.35. The number of benzene rings is 2. The Morgan fingerprint density at radius 3 is 2.59 bits per heavy atom. The summed E-state index contributed by atoms with van der Waals surface area (Å²) in [5.41, 5.74) is 3.63. The average Bonchev–Trinajstić information content (AvgIpc) is 3.30. The van der Waals surface area contributed by atoms with E-state index in [2.05, 4.69) is 15.3 Å². The zero-order valence-electron chi connectivity index (χ0n) is 16.5. The number of carbonyl (C=O) groups excluding carboxylic acids is 2. The molecule has 4 rings (SSSR count). The summed E-state index contributed by atoms with van der Waals surface area (Å²) in [4.78, 5) is 35.7. The van der Waals surface area contributed by atoms with Gasteiger partial charge in [0.15, 0.2) is 5.13 Å². The first-order chi connectivity index (χ1) is 14.0. The Hall–Kier alpha value is -3.26. The predicted molar refractivity (Wildman–Crippen MR) is 116 cm³/mol.